The van der Waals surface area contributed by atoms with Crippen LogP contribution in [-0.4, -0.2) is 42.9 Å². The number of hydrogen-bond acceptors (Lipinski definition) is 5. The highest BCUT2D eigenvalue weighted by Gasteiger charge is 2.65. The van der Waals surface area contributed by atoms with E-state index >= 15 is 0 Å². The molecule has 23 heavy (non-hydrogen) atoms. The summed E-state index contributed by atoms with van der Waals surface area (Å²) in [6, 6.07) is -1.49. The molecule has 2 rings (SSSR count). The molecule has 3 atom stereocenters. The zero-order valence-corrected chi connectivity index (χ0v) is 14.4. The van der Waals surface area contributed by atoms with Crippen LogP contribution >= 0.6 is 0 Å². The summed E-state index contributed by atoms with van der Waals surface area (Å²) >= 11 is 0. The molecule has 2 aliphatic carbocycles. The molecule has 2 N–H and O–H groups in total. The van der Waals surface area contributed by atoms with E-state index in [1.807, 2.05) is 13.8 Å². The van der Waals surface area contributed by atoms with Crippen LogP contribution in [0.5, 0.6) is 0 Å². The van der Waals surface area contributed by atoms with Gasteiger partial charge in [0.05, 0.1) is 5.75 Å². The Balaban J connectivity index is 2.22. The van der Waals surface area contributed by atoms with E-state index in [9.17, 15) is 22.8 Å². The molecular weight excluding hydrogens is 322 g/mol. The van der Waals surface area contributed by atoms with Gasteiger partial charge in [-0.25, -0.2) is 13.1 Å². The van der Waals surface area contributed by atoms with Crippen LogP contribution in [-0.2, 0) is 24.4 Å². The molecule has 0 heterocycles. The number of rotatable bonds is 7. The van der Waals surface area contributed by atoms with Crippen molar-refractivity contribution in [3.63, 3.8) is 0 Å². The van der Waals surface area contributed by atoms with E-state index in [4.69, 9.17) is 5.11 Å². The number of fused-ring (bicyclic) bond motifs is 2. The number of carboxylic acid groups (broad SMARTS) is 1. The van der Waals surface area contributed by atoms with Gasteiger partial charge in [0.15, 0.2) is 0 Å². The summed E-state index contributed by atoms with van der Waals surface area (Å²) in [5, 5.41) is 9.08. The van der Waals surface area contributed by atoms with E-state index in [0.717, 1.165) is 6.42 Å². The number of carbonyl (C=O) groups excluding carboxylic acids is 2. The molecule has 2 saturated carbocycles. The second-order valence-corrected chi connectivity index (χ2v) is 9.09. The summed E-state index contributed by atoms with van der Waals surface area (Å²) in [7, 11) is -4.01. The predicted octanol–water partition coefficient (Wildman–Crippen LogP) is 0.734. The topological polar surface area (TPSA) is 118 Å². The standard InChI is InChI=1S/C15H23NO6S/c1-9(17)6-11(13(19)20)16-23(21,22)8-15-5-4-10(7-12(15)18)14(15,2)3/h10-11,16H,4-8H2,1-3H3,(H,19,20)/t10?,11?,15-/m1/s1. The molecule has 0 aliphatic heterocycles. The zero-order valence-electron chi connectivity index (χ0n) is 13.6. The van der Waals surface area contributed by atoms with Crippen LogP contribution < -0.4 is 4.72 Å². The number of hydrogen-bond donors (Lipinski definition) is 2. The third-order valence-electron chi connectivity index (χ3n) is 5.69. The number of nitrogens with one attached hydrogen (secondary N) is 1. The van der Waals surface area contributed by atoms with Crippen molar-refractivity contribution in [3.05, 3.63) is 0 Å². The molecule has 2 fully saturated rings. The van der Waals surface area contributed by atoms with Gasteiger partial charge >= 0.3 is 5.97 Å². The molecule has 0 radical (unpaired) electrons. The van der Waals surface area contributed by atoms with Gasteiger partial charge in [0.25, 0.3) is 0 Å². The van der Waals surface area contributed by atoms with E-state index in [2.05, 4.69) is 4.72 Å². The van der Waals surface area contributed by atoms with Crippen LogP contribution in [0.1, 0.15) is 46.5 Å². The summed E-state index contributed by atoms with van der Waals surface area (Å²) in [4.78, 5) is 34.7. The van der Waals surface area contributed by atoms with Crippen LogP contribution in [0, 0.1) is 16.7 Å². The quantitative estimate of drug-likeness (QED) is 0.702. The first-order valence-corrected chi connectivity index (χ1v) is 9.32. The molecule has 8 heteroatoms. The Bertz CT molecular complexity index is 653. The first kappa shape index (κ1) is 18.1. The molecule has 0 amide bonds. The van der Waals surface area contributed by atoms with Crippen LogP contribution in [0.4, 0.5) is 0 Å². The van der Waals surface area contributed by atoms with E-state index < -0.39 is 50.8 Å². The van der Waals surface area contributed by atoms with Crippen molar-refractivity contribution in [2.45, 2.75) is 52.5 Å². The molecule has 0 aromatic heterocycles. The van der Waals surface area contributed by atoms with Gasteiger partial charge < -0.3 is 5.11 Å². The van der Waals surface area contributed by atoms with Gasteiger partial charge in [-0.2, -0.15) is 0 Å². The maximum atomic E-state index is 12.5. The SMILES string of the molecule is CC(=O)CC(NS(=O)(=O)C[C@]12CCC(CC1=O)C2(C)C)C(=O)O. The Kier molecular flexibility index (Phi) is 4.45. The number of ketones is 2. The second kappa shape index (κ2) is 5.66. The van der Waals surface area contributed by atoms with Gasteiger partial charge in [0.2, 0.25) is 10.0 Å². The van der Waals surface area contributed by atoms with Crippen molar-refractivity contribution in [1.82, 2.24) is 4.72 Å². The van der Waals surface area contributed by atoms with Crippen LogP contribution in [0.3, 0.4) is 0 Å². The van der Waals surface area contributed by atoms with Crippen molar-refractivity contribution in [1.29, 1.82) is 0 Å². The van der Waals surface area contributed by atoms with Crippen molar-refractivity contribution >= 4 is 27.6 Å². The summed E-state index contributed by atoms with van der Waals surface area (Å²) in [5.41, 5.74) is -1.37. The smallest absolute Gasteiger partial charge is 0.322 e. The maximum Gasteiger partial charge on any atom is 0.322 e. The highest BCUT2D eigenvalue weighted by molar-refractivity contribution is 7.89. The predicted molar refractivity (Wildman–Crippen MR) is 82.2 cm³/mol. The first-order valence-electron chi connectivity index (χ1n) is 7.67. The lowest BCUT2D eigenvalue weighted by molar-refractivity contribution is -0.140. The highest BCUT2D eigenvalue weighted by atomic mass is 32.2. The van der Waals surface area contributed by atoms with Gasteiger partial charge in [-0.05, 0) is 31.1 Å². The molecular formula is C15H23NO6S. The Morgan fingerprint density at radius 3 is 2.39 bits per heavy atom. The molecule has 0 aromatic rings. The van der Waals surface area contributed by atoms with Crippen molar-refractivity contribution < 1.29 is 27.9 Å². The van der Waals surface area contributed by atoms with Gasteiger partial charge in [0, 0.05) is 18.3 Å². The highest BCUT2D eigenvalue weighted by Crippen LogP contribution is 2.64. The van der Waals surface area contributed by atoms with E-state index in [-0.39, 0.29) is 11.7 Å². The molecule has 0 spiro atoms. The van der Waals surface area contributed by atoms with Gasteiger partial charge in [-0.1, -0.05) is 13.8 Å². The molecule has 0 saturated heterocycles. The lowest BCUT2D eigenvalue weighted by Gasteiger charge is -2.36. The van der Waals surface area contributed by atoms with Crippen molar-refractivity contribution in [2.24, 2.45) is 16.7 Å². The number of aliphatic carboxylic acids is 1. The largest absolute Gasteiger partial charge is 0.480 e. The van der Waals surface area contributed by atoms with Crippen LogP contribution in [0.2, 0.25) is 0 Å². The average Bonchev–Trinajstić information content (AvgIpc) is 2.70. The molecule has 2 unspecified atom stereocenters. The van der Waals surface area contributed by atoms with Crippen molar-refractivity contribution in [2.75, 3.05) is 5.75 Å². The van der Waals surface area contributed by atoms with E-state index in [1.54, 1.807) is 0 Å². The van der Waals surface area contributed by atoms with Gasteiger partial charge in [0.1, 0.15) is 17.6 Å². The van der Waals surface area contributed by atoms with E-state index in [0.29, 0.717) is 12.8 Å². The maximum absolute atomic E-state index is 12.5. The lowest BCUT2D eigenvalue weighted by atomic mass is 9.70. The van der Waals surface area contributed by atoms with Gasteiger partial charge in [-0.3, -0.25) is 14.4 Å². The Morgan fingerprint density at radius 1 is 1.39 bits per heavy atom. The third kappa shape index (κ3) is 3.06. The van der Waals surface area contributed by atoms with Crippen LogP contribution in [0.25, 0.3) is 0 Å². The minimum absolute atomic E-state index is 0.0532. The lowest BCUT2D eigenvalue weighted by Crippen LogP contribution is -2.49. The fraction of sp³-hybridized carbons (Fsp3) is 0.800. The molecule has 130 valence electrons. The summed E-state index contributed by atoms with van der Waals surface area (Å²) < 4.78 is 27.0. The Morgan fingerprint density at radius 2 is 2.00 bits per heavy atom. The number of carboxylic acids is 1. The monoisotopic (exact) mass is 345 g/mol. The summed E-state index contributed by atoms with van der Waals surface area (Å²) in [6.07, 6.45) is 1.29. The third-order valence-corrected chi connectivity index (χ3v) is 7.20. The number of Topliss-reactive ketones (excluding diaryl/α,β-unsaturated/α-hetero) is 2. The number of sulfonamides is 1. The molecule has 2 bridgehead atoms. The van der Waals surface area contributed by atoms with Crippen LogP contribution in [0.15, 0.2) is 0 Å². The average molecular weight is 345 g/mol. The molecule has 2 aliphatic rings. The summed E-state index contributed by atoms with van der Waals surface area (Å²) in [5.74, 6) is -2.11. The Hall–Kier alpha value is -1.28. The fourth-order valence-corrected chi connectivity index (χ4v) is 6.18. The minimum Gasteiger partial charge on any atom is -0.480 e. The Labute approximate surface area is 135 Å². The summed E-state index contributed by atoms with van der Waals surface area (Å²) in [6.45, 7) is 5.03. The van der Waals surface area contributed by atoms with E-state index in [1.165, 1.54) is 6.92 Å². The van der Waals surface area contributed by atoms with Crippen molar-refractivity contribution in [3.8, 4) is 0 Å². The van der Waals surface area contributed by atoms with Gasteiger partial charge in [-0.15, -0.1) is 0 Å². The normalized spacial score (nSPS) is 30.4. The first-order chi connectivity index (χ1) is 10.4. The fourth-order valence-electron chi connectivity index (χ4n) is 4.16. The minimum atomic E-state index is -4.01. The zero-order chi connectivity index (χ0) is 17.6. The molecule has 0 aromatic carbocycles. The molecule has 7 nitrogen and oxygen atoms in total. The number of carbonyl (C=O) groups is 3. The second-order valence-electron chi connectivity index (χ2n) is 7.34.